The molecule has 1 heterocycles. The van der Waals surface area contributed by atoms with Gasteiger partial charge in [-0.05, 0) is 112 Å². The van der Waals surface area contributed by atoms with Crippen LogP contribution >= 0.6 is 0 Å². The molecule has 176 valence electrons. The SMILES string of the molecule is CC[C@@]1(O)CC[C@H]2[C@@H](CC[C@@H]3[C@@H]2CC[C@]2(C)C([C@@](C)(O)Cn4cc(C#N)cn4)CC[C@@H]32)C1. The summed E-state index contributed by atoms with van der Waals surface area (Å²) >= 11 is 0. The molecule has 1 aromatic rings. The van der Waals surface area contributed by atoms with E-state index in [-0.39, 0.29) is 11.3 Å². The monoisotopic (exact) mass is 439 g/mol. The van der Waals surface area contributed by atoms with Gasteiger partial charge in [0.05, 0.1) is 29.5 Å². The van der Waals surface area contributed by atoms with Gasteiger partial charge in [0.1, 0.15) is 6.07 Å². The van der Waals surface area contributed by atoms with Gasteiger partial charge in [0, 0.05) is 6.20 Å². The molecule has 1 unspecified atom stereocenters. The fourth-order valence-electron chi connectivity index (χ4n) is 9.25. The Bertz CT molecular complexity index is 888. The van der Waals surface area contributed by atoms with Crippen LogP contribution in [-0.4, -0.2) is 31.2 Å². The van der Waals surface area contributed by atoms with E-state index >= 15 is 0 Å². The van der Waals surface area contributed by atoms with E-state index in [1.165, 1.54) is 38.5 Å². The molecule has 4 aliphatic rings. The van der Waals surface area contributed by atoms with Crippen LogP contribution in [0.4, 0.5) is 0 Å². The molecule has 0 spiro atoms. The molecule has 0 amide bonds. The Labute approximate surface area is 193 Å². The zero-order chi connectivity index (χ0) is 22.7. The van der Waals surface area contributed by atoms with Gasteiger partial charge in [-0.3, -0.25) is 4.68 Å². The minimum absolute atomic E-state index is 0.182. The first-order chi connectivity index (χ1) is 15.2. The van der Waals surface area contributed by atoms with Gasteiger partial charge in [-0.25, -0.2) is 0 Å². The fourth-order valence-corrected chi connectivity index (χ4v) is 9.25. The summed E-state index contributed by atoms with van der Waals surface area (Å²) in [5, 5.41) is 36.0. The molecule has 5 nitrogen and oxygen atoms in total. The highest BCUT2D eigenvalue weighted by molar-refractivity contribution is 5.21. The third kappa shape index (κ3) is 3.53. The highest BCUT2D eigenvalue weighted by atomic mass is 16.3. The van der Waals surface area contributed by atoms with Gasteiger partial charge < -0.3 is 10.2 Å². The molecule has 0 saturated heterocycles. The maximum absolute atomic E-state index is 11.7. The Morgan fingerprint density at radius 3 is 2.66 bits per heavy atom. The standard InChI is InChI=1S/C27H41N3O2/c1-4-27(32)12-10-20-19(13-27)5-6-22-21(20)9-11-25(2)23(22)7-8-24(25)26(3,31)17-30-16-18(14-28)15-29-30/h15-16,19-24,31-32H,4-13,17H2,1-3H3/t19-,20-,21+,22+,23-,24?,25-,26-,27+/m0/s1. The van der Waals surface area contributed by atoms with Crippen molar-refractivity contribution < 1.29 is 10.2 Å². The minimum atomic E-state index is -0.825. The second-order valence-electron chi connectivity index (χ2n) is 12.3. The number of aliphatic hydroxyl groups is 2. The topological polar surface area (TPSA) is 82.1 Å². The van der Waals surface area contributed by atoms with E-state index in [1.807, 2.05) is 6.92 Å². The van der Waals surface area contributed by atoms with E-state index in [1.54, 1.807) is 17.1 Å². The molecule has 5 heteroatoms. The summed E-state index contributed by atoms with van der Waals surface area (Å²) in [6.07, 6.45) is 14.9. The third-order valence-corrected chi connectivity index (χ3v) is 10.8. The van der Waals surface area contributed by atoms with Gasteiger partial charge in [0.15, 0.2) is 0 Å². The molecule has 0 radical (unpaired) electrons. The van der Waals surface area contributed by atoms with Crippen LogP contribution < -0.4 is 0 Å². The van der Waals surface area contributed by atoms with Crippen molar-refractivity contribution in [2.45, 2.75) is 103 Å². The number of fused-ring (bicyclic) bond motifs is 5. The first-order valence-electron chi connectivity index (χ1n) is 13.1. The molecular formula is C27H41N3O2. The van der Waals surface area contributed by atoms with Crippen molar-refractivity contribution in [1.82, 2.24) is 9.78 Å². The van der Waals surface area contributed by atoms with Gasteiger partial charge in [-0.15, -0.1) is 0 Å². The van der Waals surface area contributed by atoms with E-state index < -0.39 is 11.2 Å². The molecule has 4 saturated carbocycles. The van der Waals surface area contributed by atoms with Crippen LogP contribution in [0.15, 0.2) is 12.4 Å². The van der Waals surface area contributed by atoms with Crippen molar-refractivity contribution in [3.63, 3.8) is 0 Å². The largest absolute Gasteiger partial charge is 0.390 e. The van der Waals surface area contributed by atoms with Crippen LogP contribution in [0.2, 0.25) is 0 Å². The average Bonchev–Trinajstić information content (AvgIpc) is 3.36. The van der Waals surface area contributed by atoms with E-state index in [2.05, 4.69) is 25.0 Å². The zero-order valence-corrected chi connectivity index (χ0v) is 20.1. The summed E-state index contributed by atoms with van der Waals surface area (Å²) in [7, 11) is 0. The number of nitriles is 1. The maximum Gasteiger partial charge on any atom is 0.102 e. The molecule has 4 fully saturated rings. The molecule has 2 N–H and O–H groups in total. The van der Waals surface area contributed by atoms with Crippen molar-refractivity contribution in [2.75, 3.05) is 0 Å². The number of hydrogen-bond acceptors (Lipinski definition) is 4. The van der Waals surface area contributed by atoms with E-state index in [9.17, 15) is 10.2 Å². The van der Waals surface area contributed by atoms with Gasteiger partial charge in [0.25, 0.3) is 0 Å². The smallest absolute Gasteiger partial charge is 0.102 e. The average molecular weight is 440 g/mol. The molecule has 9 atom stereocenters. The molecule has 0 bridgehead atoms. The molecule has 0 aliphatic heterocycles. The minimum Gasteiger partial charge on any atom is -0.390 e. The summed E-state index contributed by atoms with van der Waals surface area (Å²) in [6.45, 7) is 7.06. The van der Waals surface area contributed by atoms with Crippen LogP contribution in [0.25, 0.3) is 0 Å². The van der Waals surface area contributed by atoms with Crippen LogP contribution in [0.3, 0.4) is 0 Å². The molecule has 1 aromatic heterocycles. The lowest BCUT2D eigenvalue weighted by Gasteiger charge is -2.58. The summed E-state index contributed by atoms with van der Waals surface area (Å²) in [6, 6.07) is 2.14. The third-order valence-electron chi connectivity index (χ3n) is 10.8. The van der Waals surface area contributed by atoms with Crippen molar-refractivity contribution >= 4 is 0 Å². The highest BCUT2D eigenvalue weighted by Gasteiger charge is 2.60. The Morgan fingerprint density at radius 2 is 1.94 bits per heavy atom. The Kier molecular flexibility index (Phi) is 5.49. The Hall–Kier alpha value is -1.38. The fraction of sp³-hybridized carbons (Fsp3) is 0.852. The lowest BCUT2D eigenvalue weighted by atomic mass is 9.48. The van der Waals surface area contributed by atoms with Crippen LogP contribution in [0.1, 0.15) is 90.5 Å². The van der Waals surface area contributed by atoms with Crippen LogP contribution in [0.5, 0.6) is 0 Å². The van der Waals surface area contributed by atoms with Gasteiger partial charge in [0.2, 0.25) is 0 Å². The van der Waals surface area contributed by atoms with E-state index in [0.717, 1.165) is 43.4 Å². The van der Waals surface area contributed by atoms with Crippen molar-refractivity contribution in [1.29, 1.82) is 5.26 Å². The number of nitrogens with zero attached hydrogens (tertiary/aromatic N) is 3. The first-order valence-corrected chi connectivity index (χ1v) is 13.1. The molecular weight excluding hydrogens is 398 g/mol. The number of aromatic nitrogens is 2. The first kappa shape index (κ1) is 22.4. The Balaban J connectivity index is 1.32. The highest BCUT2D eigenvalue weighted by Crippen LogP contribution is 2.66. The predicted molar refractivity (Wildman–Crippen MR) is 123 cm³/mol. The second kappa shape index (κ2) is 7.84. The molecule has 32 heavy (non-hydrogen) atoms. The van der Waals surface area contributed by atoms with E-state index in [4.69, 9.17) is 5.26 Å². The van der Waals surface area contributed by atoms with Crippen molar-refractivity contribution in [2.24, 2.45) is 40.9 Å². The Morgan fingerprint density at radius 1 is 1.16 bits per heavy atom. The molecule has 0 aromatic carbocycles. The molecule has 4 aliphatic carbocycles. The number of hydrogen-bond donors (Lipinski definition) is 2. The number of rotatable bonds is 4. The van der Waals surface area contributed by atoms with Crippen LogP contribution in [-0.2, 0) is 6.54 Å². The van der Waals surface area contributed by atoms with Crippen LogP contribution in [0, 0.1) is 52.3 Å². The lowest BCUT2D eigenvalue weighted by Crippen LogP contribution is -2.53. The lowest BCUT2D eigenvalue weighted by molar-refractivity contribution is -0.129. The maximum atomic E-state index is 11.7. The second-order valence-corrected chi connectivity index (χ2v) is 12.3. The van der Waals surface area contributed by atoms with Crippen molar-refractivity contribution in [3.8, 4) is 6.07 Å². The quantitative estimate of drug-likeness (QED) is 0.698. The summed E-state index contributed by atoms with van der Waals surface area (Å²) in [4.78, 5) is 0. The zero-order valence-electron chi connectivity index (χ0n) is 20.1. The van der Waals surface area contributed by atoms with Crippen molar-refractivity contribution in [3.05, 3.63) is 18.0 Å². The summed E-state index contributed by atoms with van der Waals surface area (Å²) in [5.74, 6) is 4.11. The van der Waals surface area contributed by atoms with Gasteiger partial charge >= 0.3 is 0 Å². The van der Waals surface area contributed by atoms with E-state index in [0.29, 0.717) is 23.9 Å². The van der Waals surface area contributed by atoms with Gasteiger partial charge in [-0.2, -0.15) is 10.4 Å². The molecule has 5 rings (SSSR count). The summed E-state index contributed by atoms with van der Waals surface area (Å²) in [5.41, 5.74) is -0.501. The summed E-state index contributed by atoms with van der Waals surface area (Å²) < 4.78 is 1.75. The predicted octanol–water partition coefficient (Wildman–Crippen LogP) is 4.92. The normalized spacial score (nSPS) is 45.2. The van der Waals surface area contributed by atoms with Gasteiger partial charge in [-0.1, -0.05) is 13.8 Å².